The zero-order valence-corrected chi connectivity index (χ0v) is 21.1. The minimum Gasteiger partial charge on any atom is -0.489 e. The Morgan fingerprint density at radius 3 is 2.58 bits per heavy atom. The summed E-state index contributed by atoms with van der Waals surface area (Å²) in [6, 6.07) is 18.6. The van der Waals surface area contributed by atoms with Gasteiger partial charge in [0.1, 0.15) is 18.2 Å². The van der Waals surface area contributed by atoms with Crippen LogP contribution in [0.2, 0.25) is 0 Å². The van der Waals surface area contributed by atoms with E-state index in [1.165, 1.54) is 0 Å². The zero-order valence-electron chi connectivity index (χ0n) is 21.1. The molecule has 0 radical (unpaired) electrons. The van der Waals surface area contributed by atoms with Crippen molar-refractivity contribution < 1.29 is 14.6 Å². The standard InChI is InChI=1S/C30H32N2O4/c1-4-6-11-28-31-26-14-12-20(3)16-25(26)29(33)32(28)18-21-13-15-27(22(5-2)17-21)36-19-23-9-7-8-10-24(23)30(34)35/h7-10,12-17H,4-6,11,18-19H2,1-3H3,(H,34,35). The Hall–Kier alpha value is -3.93. The molecule has 0 aliphatic rings. The fourth-order valence-electron chi connectivity index (χ4n) is 4.41. The molecule has 6 heteroatoms. The Morgan fingerprint density at radius 2 is 1.83 bits per heavy atom. The lowest BCUT2D eigenvalue weighted by Crippen LogP contribution is -2.26. The largest absolute Gasteiger partial charge is 0.489 e. The van der Waals surface area contributed by atoms with Crippen LogP contribution in [0.25, 0.3) is 10.9 Å². The van der Waals surface area contributed by atoms with Gasteiger partial charge in [-0.15, -0.1) is 0 Å². The SMILES string of the molecule is CCCCc1nc2ccc(C)cc2c(=O)n1Cc1ccc(OCc2ccccc2C(=O)O)c(CC)c1. The highest BCUT2D eigenvalue weighted by Gasteiger charge is 2.14. The molecule has 1 aromatic heterocycles. The Labute approximate surface area is 211 Å². The van der Waals surface area contributed by atoms with Crippen LogP contribution in [0.5, 0.6) is 5.75 Å². The molecule has 0 fully saturated rings. The summed E-state index contributed by atoms with van der Waals surface area (Å²) < 4.78 is 7.84. The van der Waals surface area contributed by atoms with Gasteiger partial charge >= 0.3 is 5.97 Å². The van der Waals surface area contributed by atoms with E-state index in [1.54, 1.807) is 22.8 Å². The second kappa shape index (κ2) is 11.2. The van der Waals surface area contributed by atoms with Crippen LogP contribution in [0, 0.1) is 6.92 Å². The summed E-state index contributed by atoms with van der Waals surface area (Å²) in [6.45, 7) is 6.77. The average Bonchev–Trinajstić information content (AvgIpc) is 2.88. The lowest BCUT2D eigenvalue weighted by atomic mass is 10.1. The molecule has 3 aromatic carbocycles. The van der Waals surface area contributed by atoms with Crippen molar-refractivity contribution in [2.45, 2.75) is 59.6 Å². The van der Waals surface area contributed by atoms with Gasteiger partial charge in [-0.25, -0.2) is 9.78 Å². The first-order valence-electron chi connectivity index (χ1n) is 12.5. The van der Waals surface area contributed by atoms with E-state index in [4.69, 9.17) is 9.72 Å². The van der Waals surface area contributed by atoms with E-state index >= 15 is 0 Å². The molecule has 6 nitrogen and oxygen atoms in total. The Morgan fingerprint density at radius 1 is 1.03 bits per heavy atom. The lowest BCUT2D eigenvalue weighted by molar-refractivity contribution is 0.0694. The maximum Gasteiger partial charge on any atom is 0.336 e. The predicted octanol–water partition coefficient (Wildman–Crippen LogP) is 5.94. The summed E-state index contributed by atoms with van der Waals surface area (Å²) in [5, 5.41) is 10.1. The third-order valence-electron chi connectivity index (χ3n) is 6.42. The van der Waals surface area contributed by atoms with Gasteiger partial charge in [0.15, 0.2) is 0 Å². The normalized spacial score (nSPS) is 11.1. The summed E-state index contributed by atoms with van der Waals surface area (Å²) >= 11 is 0. The molecular formula is C30H32N2O4. The first kappa shape index (κ1) is 25.2. The quantitative estimate of drug-likeness (QED) is 0.301. The molecule has 0 unspecified atom stereocenters. The molecule has 0 saturated heterocycles. The number of carbonyl (C=O) groups is 1. The van der Waals surface area contributed by atoms with E-state index < -0.39 is 5.97 Å². The molecule has 0 spiro atoms. The molecule has 0 aliphatic heterocycles. The number of nitrogens with zero attached hydrogens (tertiary/aromatic N) is 2. The van der Waals surface area contributed by atoms with Crippen LogP contribution in [0.15, 0.2) is 65.5 Å². The first-order valence-corrected chi connectivity index (χ1v) is 12.5. The van der Waals surface area contributed by atoms with Crippen molar-refractivity contribution in [3.8, 4) is 5.75 Å². The summed E-state index contributed by atoms with van der Waals surface area (Å²) in [5.41, 5.74) is 4.64. The number of fused-ring (bicyclic) bond motifs is 1. The molecule has 36 heavy (non-hydrogen) atoms. The molecule has 1 heterocycles. The van der Waals surface area contributed by atoms with Crippen LogP contribution in [0.3, 0.4) is 0 Å². The third-order valence-corrected chi connectivity index (χ3v) is 6.42. The van der Waals surface area contributed by atoms with Crippen molar-refractivity contribution in [2.24, 2.45) is 0 Å². The molecular weight excluding hydrogens is 452 g/mol. The van der Waals surface area contributed by atoms with Crippen LogP contribution >= 0.6 is 0 Å². The number of hydrogen-bond donors (Lipinski definition) is 1. The molecule has 0 bridgehead atoms. The summed E-state index contributed by atoms with van der Waals surface area (Å²) in [5.74, 6) is 0.554. The second-order valence-corrected chi connectivity index (χ2v) is 9.09. The van der Waals surface area contributed by atoms with Gasteiger partial charge in [-0.05, 0) is 55.2 Å². The molecule has 0 amide bonds. The van der Waals surface area contributed by atoms with Gasteiger partial charge in [0, 0.05) is 12.0 Å². The van der Waals surface area contributed by atoms with Crippen molar-refractivity contribution in [1.29, 1.82) is 0 Å². The van der Waals surface area contributed by atoms with Crippen molar-refractivity contribution in [3.63, 3.8) is 0 Å². The van der Waals surface area contributed by atoms with E-state index in [-0.39, 0.29) is 17.7 Å². The topological polar surface area (TPSA) is 81.4 Å². The number of unbranched alkanes of at least 4 members (excludes halogenated alkanes) is 1. The molecule has 4 rings (SSSR count). The number of rotatable bonds is 10. The molecule has 0 saturated carbocycles. The maximum atomic E-state index is 13.5. The van der Waals surface area contributed by atoms with Gasteiger partial charge in [0.2, 0.25) is 0 Å². The summed E-state index contributed by atoms with van der Waals surface area (Å²) in [4.78, 5) is 29.8. The van der Waals surface area contributed by atoms with E-state index in [9.17, 15) is 14.7 Å². The number of carboxylic acids is 1. The monoisotopic (exact) mass is 484 g/mol. The number of ether oxygens (including phenoxy) is 1. The Balaban J connectivity index is 1.64. The number of benzene rings is 3. The van der Waals surface area contributed by atoms with E-state index in [0.29, 0.717) is 23.2 Å². The average molecular weight is 485 g/mol. The van der Waals surface area contributed by atoms with Crippen LogP contribution in [0.4, 0.5) is 0 Å². The Kier molecular flexibility index (Phi) is 7.84. The highest BCUT2D eigenvalue weighted by molar-refractivity contribution is 5.89. The van der Waals surface area contributed by atoms with E-state index in [1.807, 2.05) is 43.3 Å². The minimum atomic E-state index is -0.969. The smallest absolute Gasteiger partial charge is 0.336 e. The zero-order chi connectivity index (χ0) is 25.7. The molecule has 186 valence electrons. The highest BCUT2D eigenvalue weighted by Crippen LogP contribution is 2.24. The fraction of sp³-hybridized carbons (Fsp3) is 0.300. The summed E-state index contributed by atoms with van der Waals surface area (Å²) in [6.07, 6.45) is 3.49. The second-order valence-electron chi connectivity index (χ2n) is 9.09. The predicted molar refractivity (Wildman–Crippen MR) is 142 cm³/mol. The molecule has 0 atom stereocenters. The van der Waals surface area contributed by atoms with Crippen molar-refractivity contribution in [3.05, 3.63) is 105 Å². The lowest BCUT2D eigenvalue weighted by Gasteiger charge is -2.16. The van der Waals surface area contributed by atoms with Gasteiger partial charge in [-0.1, -0.05) is 62.2 Å². The number of hydrogen-bond acceptors (Lipinski definition) is 4. The van der Waals surface area contributed by atoms with Gasteiger partial charge in [0.25, 0.3) is 5.56 Å². The van der Waals surface area contributed by atoms with E-state index in [2.05, 4.69) is 19.9 Å². The Bertz CT molecular complexity index is 1460. The maximum absolute atomic E-state index is 13.5. The number of carboxylic acid groups (broad SMARTS) is 1. The van der Waals surface area contributed by atoms with Crippen molar-refractivity contribution >= 4 is 16.9 Å². The molecule has 4 aromatic rings. The van der Waals surface area contributed by atoms with Crippen molar-refractivity contribution in [1.82, 2.24) is 9.55 Å². The highest BCUT2D eigenvalue weighted by atomic mass is 16.5. The van der Waals surface area contributed by atoms with Crippen LogP contribution < -0.4 is 10.3 Å². The van der Waals surface area contributed by atoms with Crippen LogP contribution in [-0.2, 0) is 26.0 Å². The summed E-state index contributed by atoms with van der Waals surface area (Å²) in [7, 11) is 0. The number of aromatic nitrogens is 2. The number of aryl methyl sites for hydroxylation is 3. The van der Waals surface area contributed by atoms with Gasteiger partial charge in [-0.3, -0.25) is 9.36 Å². The minimum absolute atomic E-state index is 0.0153. The van der Waals surface area contributed by atoms with Gasteiger partial charge in [-0.2, -0.15) is 0 Å². The van der Waals surface area contributed by atoms with Crippen molar-refractivity contribution in [2.75, 3.05) is 0 Å². The van der Waals surface area contributed by atoms with Crippen LogP contribution in [0.1, 0.15) is 65.1 Å². The third kappa shape index (κ3) is 5.48. The van der Waals surface area contributed by atoms with Gasteiger partial charge in [0.05, 0.1) is 23.0 Å². The van der Waals surface area contributed by atoms with E-state index in [0.717, 1.165) is 53.7 Å². The fourth-order valence-corrected chi connectivity index (χ4v) is 4.41. The first-order chi connectivity index (χ1) is 17.4. The number of aromatic carboxylic acids is 1. The molecule has 0 aliphatic carbocycles. The van der Waals surface area contributed by atoms with Crippen LogP contribution in [-0.4, -0.2) is 20.6 Å². The molecule has 1 N–H and O–H groups in total. The van der Waals surface area contributed by atoms with Gasteiger partial charge < -0.3 is 9.84 Å².